The number of carbonyl (C=O) groups excluding carboxylic acids is 1. The molecule has 4 heteroatoms. The van der Waals surface area contributed by atoms with Crippen LogP contribution in [0.4, 0.5) is 0 Å². The van der Waals surface area contributed by atoms with Crippen LogP contribution in [-0.4, -0.2) is 50.7 Å². The number of carbonyl (C=O) groups is 1. The maximum atomic E-state index is 11.2. The van der Waals surface area contributed by atoms with Crippen LogP contribution in [0.5, 0.6) is 0 Å². The van der Waals surface area contributed by atoms with Gasteiger partial charge in [0, 0.05) is 32.6 Å². The van der Waals surface area contributed by atoms with Gasteiger partial charge in [0.05, 0.1) is 6.10 Å². The molecule has 1 N–H and O–H groups in total. The summed E-state index contributed by atoms with van der Waals surface area (Å²) in [5, 5.41) is 3.28. The minimum atomic E-state index is 0.0534. The van der Waals surface area contributed by atoms with E-state index in [9.17, 15) is 4.79 Å². The molecule has 0 unspecified atom stereocenters. The molecular formula is C10H18N2O2. The van der Waals surface area contributed by atoms with E-state index in [0.717, 1.165) is 25.9 Å². The van der Waals surface area contributed by atoms with Crippen molar-refractivity contribution in [2.45, 2.75) is 18.9 Å². The second-order valence-corrected chi connectivity index (χ2v) is 4.73. The van der Waals surface area contributed by atoms with Crippen LogP contribution in [0, 0.1) is 5.41 Å². The highest BCUT2D eigenvalue weighted by molar-refractivity contribution is 5.76. The Labute approximate surface area is 84.6 Å². The lowest BCUT2D eigenvalue weighted by Crippen LogP contribution is -2.62. The number of rotatable bonds is 3. The molecule has 1 saturated heterocycles. The first kappa shape index (κ1) is 9.93. The van der Waals surface area contributed by atoms with Crippen LogP contribution in [0.15, 0.2) is 0 Å². The van der Waals surface area contributed by atoms with Crippen LogP contribution in [0.1, 0.15) is 12.8 Å². The van der Waals surface area contributed by atoms with Crippen LogP contribution in [0.2, 0.25) is 0 Å². The lowest BCUT2D eigenvalue weighted by Gasteiger charge is -2.53. The molecule has 0 radical (unpaired) electrons. The Kier molecular flexibility index (Phi) is 2.49. The minimum Gasteiger partial charge on any atom is -0.368 e. The van der Waals surface area contributed by atoms with E-state index in [1.807, 2.05) is 0 Å². The molecule has 1 aliphatic heterocycles. The average Bonchev–Trinajstić information content (AvgIpc) is 1.97. The van der Waals surface area contributed by atoms with E-state index in [-0.39, 0.29) is 12.5 Å². The van der Waals surface area contributed by atoms with Crippen LogP contribution in [0.3, 0.4) is 0 Å². The molecule has 0 aromatic carbocycles. The van der Waals surface area contributed by atoms with Crippen LogP contribution >= 0.6 is 0 Å². The van der Waals surface area contributed by atoms with Gasteiger partial charge in [-0.05, 0) is 12.8 Å². The Bertz CT molecular complexity index is 228. The van der Waals surface area contributed by atoms with Crippen molar-refractivity contribution in [2.75, 3.05) is 33.8 Å². The summed E-state index contributed by atoms with van der Waals surface area (Å²) < 4.78 is 5.51. The molecule has 2 rings (SSSR count). The molecule has 80 valence electrons. The van der Waals surface area contributed by atoms with Gasteiger partial charge in [-0.25, -0.2) is 0 Å². The lowest BCUT2D eigenvalue weighted by molar-refractivity contribution is -0.146. The topological polar surface area (TPSA) is 41.6 Å². The van der Waals surface area contributed by atoms with Gasteiger partial charge in [-0.2, -0.15) is 0 Å². The number of nitrogens with zero attached hydrogens (tertiary/aromatic N) is 1. The van der Waals surface area contributed by atoms with E-state index < -0.39 is 0 Å². The fourth-order valence-electron chi connectivity index (χ4n) is 2.11. The third-order valence-corrected chi connectivity index (χ3v) is 3.26. The van der Waals surface area contributed by atoms with Crippen molar-refractivity contribution in [1.29, 1.82) is 0 Å². The summed E-state index contributed by atoms with van der Waals surface area (Å²) in [5.41, 5.74) is 0.534. The van der Waals surface area contributed by atoms with Crippen molar-refractivity contribution >= 4 is 5.91 Å². The lowest BCUT2D eigenvalue weighted by atomic mass is 9.63. The molecular weight excluding hydrogens is 180 g/mol. The highest BCUT2D eigenvalue weighted by Crippen LogP contribution is 2.45. The first-order valence-corrected chi connectivity index (χ1v) is 5.14. The fraction of sp³-hybridized carbons (Fsp3) is 0.900. The summed E-state index contributed by atoms with van der Waals surface area (Å²) >= 11 is 0. The van der Waals surface area contributed by atoms with Gasteiger partial charge >= 0.3 is 0 Å². The Morgan fingerprint density at radius 1 is 1.50 bits per heavy atom. The first-order valence-electron chi connectivity index (χ1n) is 5.14. The van der Waals surface area contributed by atoms with Crippen molar-refractivity contribution in [3.63, 3.8) is 0 Å². The number of nitrogens with one attached hydrogen (secondary N) is 1. The second kappa shape index (κ2) is 3.51. The summed E-state index contributed by atoms with van der Waals surface area (Å²) in [6.07, 6.45) is 2.57. The molecule has 1 amide bonds. The number of likely N-dealkylation sites (N-methyl/N-ethyl adjacent to an activating group) is 1. The molecule has 14 heavy (non-hydrogen) atoms. The third kappa shape index (κ3) is 1.77. The predicted octanol–water partition coefficient (Wildman–Crippen LogP) is -0.157. The van der Waals surface area contributed by atoms with Crippen LogP contribution in [0.25, 0.3) is 0 Å². The maximum Gasteiger partial charge on any atom is 0.248 e. The fourth-order valence-corrected chi connectivity index (χ4v) is 2.11. The zero-order valence-corrected chi connectivity index (χ0v) is 8.88. The van der Waals surface area contributed by atoms with E-state index in [1.54, 1.807) is 19.0 Å². The molecule has 1 saturated carbocycles. The summed E-state index contributed by atoms with van der Waals surface area (Å²) in [4.78, 5) is 12.8. The normalized spacial score (nSPS) is 24.1. The smallest absolute Gasteiger partial charge is 0.248 e. The number of ether oxygens (including phenoxy) is 1. The average molecular weight is 198 g/mol. The molecule has 4 nitrogen and oxygen atoms in total. The molecule has 0 atom stereocenters. The molecule has 2 fully saturated rings. The molecule has 1 heterocycles. The van der Waals surface area contributed by atoms with Gasteiger partial charge < -0.3 is 15.0 Å². The molecule has 1 aliphatic carbocycles. The SMILES string of the molecule is CN(C)C(=O)COC1CC2(CNC2)C1. The quantitative estimate of drug-likeness (QED) is 0.685. The largest absolute Gasteiger partial charge is 0.368 e. The predicted molar refractivity (Wildman–Crippen MR) is 53.0 cm³/mol. The molecule has 0 aromatic rings. The zero-order valence-electron chi connectivity index (χ0n) is 8.88. The van der Waals surface area contributed by atoms with E-state index in [1.165, 1.54) is 0 Å². The van der Waals surface area contributed by atoms with Crippen LogP contribution in [-0.2, 0) is 9.53 Å². The van der Waals surface area contributed by atoms with Crippen molar-refractivity contribution in [3.05, 3.63) is 0 Å². The van der Waals surface area contributed by atoms with Gasteiger partial charge in [0.2, 0.25) is 5.91 Å². The third-order valence-electron chi connectivity index (χ3n) is 3.26. The summed E-state index contributed by atoms with van der Waals surface area (Å²) in [7, 11) is 3.51. The number of hydrogen-bond donors (Lipinski definition) is 1. The van der Waals surface area contributed by atoms with E-state index >= 15 is 0 Å². The van der Waals surface area contributed by atoms with Crippen molar-refractivity contribution < 1.29 is 9.53 Å². The van der Waals surface area contributed by atoms with Gasteiger partial charge in [0.25, 0.3) is 0 Å². The zero-order chi connectivity index (χ0) is 10.2. The Balaban J connectivity index is 1.62. The summed E-state index contributed by atoms with van der Waals surface area (Å²) in [5.74, 6) is 0.0534. The number of amides is 1. The first-order chi connectivity index (χ1) is 6.61. The Morgan fingerprint density at radius 3 is 2.57 bits per heavy atom. The number of hydrogen-bond acceptors (Lipinski definition) is 3. The standard InChI is InChI=1S/C10H18N2O2/c1-12(2)9(13)5-14-8-3-10(4-8)6-11-7-10/h8,11H,3-7H2,1-2H3. The monoisotopic (exact) mass is 198 g/mol. The molecule has 0 bridgehead atoms. The van der Waals surface area contributed by atoms with E-state index in [2.05, 4.69) is 5.32 Å². The van der Waals surface area contributed by atoms with E-state index in [4.69, 9.17) is 4.74 Å². The van der Waals surface area contributed by atoms with Crippen LogP contribution < -0.4 is 5.32 Å². The van der Waals surface area contributed by atoms with E-state index in [0.29, 0.717) is 11.5 Å². The minimum absolute atomic E-state index is 0.0534. The van der Waals surface area contributed by atoms with Crippen molar-refractivity contribution in [2.24, 2.45) is 5.41 Å². The van der Waals surface area contributed by atoms with Gasteiger partial charge in [0.15, 0.2) is 0 Å². The van der Waals surface area contributed by atoms with Gasteiger partial charge in [-0.3, -0.25) is 4.79 Å². The molecule has 0 aromatic heterocycles. The van der Waals surface area contributed by atoms with Gasteiger partial charge in [-0.1, -0.05) is 0 Å². The van der Waals surface area contributed by atoms with Gasteiger partial charge in [-0.15, -0.1) is 0 Å². The highest BCUT2D eigenvalue weighted by atomic mass is 16.5. The summed E-state index contributed by atoms with van der Waals surface area (Å²) in [6, 6.07) is 0. The van der Waals surface area contributed by atoms with Crippen molar-refractivity contribution in [1.82, 2.24) is 10.2 Å². The molecule has 2 aliphatic rings. The maximum absolute atomic E-state index is 11.2. The Hall–Kier alpha value is -0.610. The highest BCUT2D eigenvalue weighted by Gasteiger charge is 2.48. The second-order valence-electron chi connectivity index (χ2n) is 4.73. The van der Waals surface area contributed by atoms with Gasteiger partial charge in [0.1, 0.15) is 6.61 Å². The van der Waals surface area contributed by atoms with Crippen molar-refractivity contribution in [3.8, 4) is 0 Å². The Morgan fingerprint density at radius 2 is 2.14 bits per heavy atom. The molecule has 1 spiro atoms. The summed E-state index contributed by atoms with van der Waals surface area (Å²) in [6.45, 7) is 2.50.